The molecule has 0 saturated carbocycles. The van der Waals surface area contributed by atoms with Crippen LogP contribution in [0.15, 0.2) is 0 Å². The maximum atomic E-state index is 2.48. The van der Waals surface area contributed by atoms with Crippen LogP contribution in [0.5, 0.6) is 0 Å². The van der Waals surface area contributed by atoms with E-state index in [1.165, 1.54) is 0 Å². The van der Waals surface area contributed by atoms with Crippen LogP contribution in [0.1, 0.15) is 83.1 Å². The van der Waals surface area contributed by atoms with Crippen molar-refractivity contribution < 1.29 is 0 Å². The van der Waals surface area contributed by atoms with Gasteiger partial charge in [-0.15, -0.1) is 0 Å². The van der Waals surface area contributed by atoms with Gasteiger partial charge in [0.25, 0.3) is 0 Å². The summed E-state index contributed by atoms with van der Waals surface area (Å²) in [5, 5.41) is 0. The Morgan fingerprint density at radius 1 is 0.353 bits per heavy atom. The van der Waals surface area contributed by atoms with Crippen molar-refractivity contribution in [3.05, 3.63) is 0 Å². The van der Waals surface area contributed by atoms with Crippen molar-refractivity contribution in [1.29, 1.82) is 0 Å². The van der Waals surface area contributed by atoms with Gasteiger partial charge >= 0.3 is 113 Å². The van der Waals surface area contributed by atoms with Crippen molar-refractivity contribution in [3.8, 4) is 0 Å². The average Bonchev–Trinajstić information content (AvgIpc) is 1.67. The molecule has 0 atom stereocenters. The molecule has 0 aliphatic heterocycles. The fourth-order valence-electron chi connectivity index (χ4n) is 5.51. The van der Waals surface area contributed by atoms with E-state index in [4.69, 9.17) is 0 Å². The molecule has 0 nitrogen and oxygen atoms in total. The summed E-state index contributed by atoms with van der Waals surface area (Å²) in [4.78, 5) is 0. The van der Waals surface area contributed by atoms with Gasteiger partial charge in [0.05, 0.1) is 0 Å². The Morgan fingerprint density at radius 3 is 0.471 bits per heavy atom. The second-order valence-corrected chi connectivity index (χ2v) is 21.9. The summed E-state index contributed by atoms with van der Waals surface area (Å²) in [7, 11) is 0. The van der Waals surface area contributed by atoms with E-state index in [0.29, 0.717) is 17.3 Å². The molecule has 0 aliphatic rings. The van der Waals surface area contributed by atoms with E-state index in [9.17, 15) is 0 Å². The van der Waals surface area contributed by atoms with E-state index >= 15 is 0 Å². The van der Waals surface area contributed by atoms with Crippen molar-refractivity contribution in [3.63, 3.8) is 0 Å². The second kappa shape index (κ2) is 4.27. The van der Waals surface area contributed by atoms with Crippen LogP contribution in [0.2, 0.25) is 17.3 Å². The standard InChI is InChI=1S/C16H36Se/c1-13(2,3)17(14(4,5)6,15(7,8)9)16(10,11)12/h1-12H3. The van der Waals surface area contributed by atoms with Gasteiger partial charge in [-0.3, -0.25) is 0 Å². The molecular weight excluding hydrogens is 271 g/mol. The fourth-order valence-corrected chi connectivity index (χ4v) is 28.6. The number of hydrogen-bond donors (Lipinski definition) is 0. The zero-order chi connectivity index (χ0) is 14.5. The second-order valence-electron chi connectivity index (χ2n) is 9.06. The van der Waals surface area contributed by atoms with Gasteiger partial charge in [0.2, 0.25) is 0 Å². The molecule has 0 heterocycles. The summed E-state index contributed by atoms with van der Waals surface area (Å²) in [6.07, 6.45) is 0. The third-order valence-electron chi connectivity index (χ3n) is 3.67. The van der Waals surface area contributed by atoms with Crippen molar-refractivity contribution in [2.45, 2.75) is 100 Å². The van der Waals surface area contributed by atoms with Gasteiger partial charge < -0.3 is 0 Å². The number of rotatable bonds is 0. The third kappa shape index (κ3) is 2.61. The van der Waals surface area contributed by atoms with Gasteiger partial charge in [0, 0.05) is 0 Å². The Morgan fingerprint density at radius 2 is 0.471 bits per heavy atom. The molecule has 0 spiro atoms. The summed E-state index contributed by atoms with van der Waals surface area (Å²) >= 11 is -1.83. The van der Waals surface area contributed by atoms with E-state index in [1.54, 1.807) is 0 Å². The fraction of sp³-hybridized carbons (Fsp3) is 1.00. The Labute approximate surface area is 113 Å². The third-order valence-corrected chi connectivity index (χ3v) is 19.1. The van der Waals surface area contributed by atoms with Gasteiger partial charge in [-0.2, -0.15) is 0 Å². The summed E-state index contributed by atoms with van der Waals surface area (Å²) in [6.45, 7) is 29.8. The van der Waals surface area contributed by atoms with Crippen LogP contribution in [0, 0.1) is 0 Å². The molecule has 0 saturated heterocycles. The first-order valence-electron chi connectivity index (χ1n) is 6.82. The first-order valence-corrected chi connectivity index (χ1v) is 10.2. The van der Waals surface area contributed by atoms with Crippen LogP contribution in [0.3, 0.4) is 0 Å². The van der Waals surface area contributed by atoms with Crippen molar-refractivity contribution in [1.82, 2.24) is 0 Å². The summed E-state index contributed by atoms with van der Waals surface area (Å²) in [5.74, 6) is 0. The minimum absolute atomic E-state index is 0.422. The molecule has 0 aliphatic carbocycles. The van der Waals surface area contributed by atoms with Gasteiger partial charge in [-0.1, -0.05) is 0 Å². The zero-order valence-corrected chi connectivity index (χ0v) is 16.1. The monoisotopic (exact) mass is 308 g/mol. The Hall–Kier alpha value is 0.519. The van der Waals surface area contributed by atoms with E-state index in [1.807, 2.05) is 0 Å². The SMILES string of the molecule is CC(C)(C)[Se](C(C)(C)C)(C(C)(C)C)C(C)(C)C. The zero-order valence-electron chi connectivity index (χ0n) is 14.4. The van der Waals surface area contributed by atoms with Gasteiger partial charge in [0.1, 0.15) is 0 Å². The van der Waals surface area contributed by atoms with E-state index in [2.05, 4.69) is 83.1 Å². The Balaban J connectivity index is 6.37. The molecule has 0 amide bonds. The van der Waals surface area contributed by atoms with Crippen molar-refractivity contribution in [2.24, 2.45) is 0 Å². The molecule has 0 fully saturated rings. The molecule has 1 heteroatoms. The summed E-state index contributed by atoms with van der Waals surface area (Å²) < 4.78 is 1.69. The van der Waals surface area contributed by atoms with E-state index in [0.717, 1.165) is 0 Å². The molecular formula is C16H36Se. The molecule has 106 valence electrons. The van der Waals surface area contributed by atoms with Gasteiger partial charge in [-0.05, 0) is 0 Å². The van der Waals surface area contributed by atoms with Crippen LogP contribution in [-0.2, 0) is 0 Å². The molecule has 0 bridgehead atoms. The molecule has 0 radical (unpaired) electrons. The molecule has 0 rings (SSSR count). The minimum atomic E-state index is -1.83. The van der Waals surface area contributed by atoms with Crippen molar-refractivity contribution >= 4 is 12.8 Å². The number of hydrogen-bond acceptors (Lipinski definition) is 0. The Kier molecular flexibility index (Phi) is 4.40. The molecule has 17 heavy (non-hydrogen) atoms. The van der Waals surface area contributed by atoms with Crippen molar-refractivity contribution in [2.75, 3.05) is 0 Å². The molecule has 0 aromatic rings. The molecule has 0 aromatic carbocycles. The average molecular weight is 307 g/mol. The van der Waals surface area contributed by atoms with Crippen LogP contribution in [0.25, 0.3) is 0 Å². The van der Waals surface area contributed by atoms with E-state index in [-0.39, 0.29) is 0 Å². The Bertz CT molecular complexity index is 198. The topological polar surface area (TPSA) is 0 Å². The normalized spacial score (nSPS) is 17.2. The molecule has 0 aromatic heterocycles. The van der Waals surface area contributed by atoms with Gasteiger partial charge in [-0.25, -0.2) is 0 Å². The van der Waals surface area contributed by atoms with Crippen LogP contribution < -0.4 is 0 Å². The first-order chi connectivity index (χ1) is 7.00. The van der Waals surface area contributed by atoms with Crippen LogP contribution in [-0.4, -0.2) is 12.8 Å². The van der Waals surface area contributed by atoms with Crippen LogP contribution in [0.4, 0.5) is 0 Å². The first kappa shape index (κ1) is 17.5. The van der Waals surface area contributed by atoms with E-state index < -0.39 is 12.8 Å². The van der Waals surface area contributed by atoms with Gasteiger partial charge in [0.15, 0.2) is 0 Å². The molecule has 0 unspecified atom stereocenters. The predicted octanol–water partition coefficient (Wildman–Crippen LogP) is 6.64. The summed E-state index contributed by atoms with van der Waals surface area (Å²) in [6, 6.07) is 0. The van der Waals surface area contributed by atoms with Crippen LogP contribution >= 0.6 is 0 Å². The predicted molar refractivity (Wildman–Crippen MR) is 84.6 cm³/mol. The molecule has 0 N–H and O–H groups in total. The summed E-state index contributed by atoms with van der Waals surface area (Å²) in [5.41, 5.74) is 0. The maximum absolute atomic E-state index is 2.48. The quantitative estimate of drug-likeness (QED) is 0.440.